The number of rotatable bonds is 4. The summed E-state index contributed by atoms with van der Waals surface area (Å²) in [6.45, 7) is 0.114. The Labute approximate surface area is 111 Å². The van der Waals surface area contributed by atoms with Crippen LogP contribution in [0.2, 0.25) is 0 Å². The Hall–Kier alpha value is -1.34. The first-order valence-corrected chi connectivity index (χ1v) is 6.63. The molecule has 19 heavy (non-hydrogen) atoms. The van der Waals surface area contributed by atoms with E-state index in [1.807, 2.05) is 0 Å². The molecule has 2 aliphatic rings. The number of urea groups is 1. The molecule has 0 aromatic heterocycles. The highest BCUT2D eigenvalue weighted by atomic mass is 16.4. The Balaban J connectivity index is 2.08. The summed E-state index contributed by atoms with van der Waals surface area (Å²) >= 11 is 0. The monoisotopic (exact) mass is 272 g/mol. The molecule has 0 radical (unpaired) electrons. The smallest absolute Gasteiger partial charge is 0.326 e. The number of amides is 2. The molecule has 7 nitrogen and oxygen atoms in total. The molecule has 1 heterocycles. The quantitative estimate of drug-likeness (QED) is 0.639. The second kappa shape index (κ2) is 5.75. The number of nitrogens with zero attached hydrogens (tertiary/aromatic N) is 2. The van der Waals surface area contributed by atoms with E-state index in [-0.39, 0.29) is 38.2 Å². The third-order valence-corrected chi connectivity index (χ3v) is 3.91. The minimum Gasteiger partial charge on any atom is -0.480 e. The van der Waals surface area contributed by atoms with E-state index >= 15 is 0 Å². The molecule has 3 N–H and O–H groups in total. The number of aliphatic hydroxyl groups excluding tert-OH is 2. The first-order chi connectivity index (χ1) is 9.04. The lowest BCUT2D eigenvalue weighted by molar-refractivity contribution is -0.141. The topological polar surface area (TPSA) is 101 Å². The van der Waals surface area contributed by atoms with Crippen molar-refractivity contribution in [1.82, 2.24) is 9.80 Å². The van der Waals surface area contributed by atoms with Gasteiger partial charge < -0.3 is 25.1 Å². The van der Waals surface area contributed by atoms with Crippen molar-refractivity contribution in [3.8, 4) is 0 Å². The van der Waals surface area contributed by atoms with Gasteiger partial charge in [0.05, 0.1) is 12.7 Å². The predicted octanol–water partition coefficient (Wildman–Crippen LogP) is -0.527. The van der Waals surface area contributed by atoms with E-state index in [1.165, 1.54) is 9.80 Å². The molecule has 108 valence electrons. The van der Waals surface area contributed by atoms with Gasteiger partial charge in [-0.1, -0.05) is 0 Å². The summed E-state index contributed by atoms with van der Waals surface area (Å²) in [5.74, 6) is -1.09. The summed E-state index contributed by atoms with van der Waals surface area (Å²) in [6.07, 6.45) is 2.10. The Kier molecular flexibility index (Phi) is 4.26. The number of likely N-dealkylation sites (tertiary alicyclic amines) is 1. The maximum atomic E-state index is 12.4. The van der Waals surface area contributed by atoms with E-state index in [9.17, 15) is 14.7 Å². The molecule has 1 saturated carbocycles. The maximum absolute atomic E-state index is 12.4. The SMILES string of the molecule is O=C(O)[C@H]1C[C@@H](O)CN1C(=O)N(CCO)C1CCC1. The molecule has 2 amide bonds. The van der Waals surface area contributed by atoms with Crippen LogP contribution in [0.3, 0.4) is 0 Å². The molecule has 7 heteroatoms. The number of carboxylic acids is 1. The van der Waals surface area contributed by atoms with E-state index in [1.54, 1.807) is 0 Å². The Bertz CT molecular complexity index is 358. The van der Waals surface area contributed by atoms with Crippen LogP contribution in [0.4, 0.5) is 4.79 Å². The van der Waals surface area contributed by atoms with Crippen LogP contribution in [0.25, 0.3) is 0 Å². The van der Waals surface area contributed by atoms with Crippen molar-refractivity contribution in [2.75, 3.05) is 19.7 Å². The third-order valence-electron chi connectivity index (χ3n) is 3.91. The number of aliphatic carboxylic acids is 1. The van der Waals surface area contributed by atoms with Gasteiger partial charge in [0.2, 0.25) is 0 Å². The zero-order chi connectivity index (χ0) is 14.0. The molecule has 1 aliphatic carbocycles. The predicted molar refractivity (Wildman–Crippen MR) is 65.6 cm³/mol. The highest BCUT2D eigenvalue weighted by molar-refractivity contribution is 5.83. The number of hydrogen-bond donors (Lipinski definition) is 3. The average molecular weight is 272 g/mol. The highest BCUT2D eigenvalue weighted by Crippen LogP contribution is 2.28. The van der Waals surface area contributed by atoms with Crippen LogP contribution in [0.15, 0.2) is 0 Å². The fourth-order valence-electron chi connectivity index (χ4n) is 2.66. The van der Waals surface area contributed by atoms with Gasteiger partial charge in [0.15, 0.2) is 0 Å². The van der Waals surface area contributed by atoms with Crippen molar-refractivity contribution in [2.24, 2.45) is 0 Å². The molecular formula is C12H20N2O5. The molecule has 0 spiro atoms. The Morgan fingerprint density at radius 3 is 2.47 bits per heavy atom. The summed E-state index contributed by atoms with van der Waals surface area (Å²) in [5, 5.41) is 27.7. The first kappa shape index (κ1) is 14.1. The first-order valence-electron chi connectivity index (χ1n) is 6.63. The number of hydrogen-bond acceptors (Lipinski definition) is 4. The van der Waals surface area contributed by atoms with Crippen LogP contribution in [-0.4, -0.2) is 75.0 Å². The number of carbonyl (C=O) groups is 2. The van der Waals surface area contributed by atoms with Crippen molar-refractivity contribution in [2.45, 2.75) is 43.9 Å². The number of carbonyl (C=O) groups excluding carboxylic acids is 1. The standard InChI is InChI=1S/C12H20N2O5/c15-5-4-13(8-2-1-3-8)12(19)14-7-9(16)6-10(14)11(17)18/h8-10,15-16H,1-7H2,(H,17,18)/t9-,10-/m1/s1. The molecule has 0 bridgehead atoms. The van der Waals surface area contributed by atoms with Crippen LogP contribution in [0.1, 0.15) is 25.7 Å². The van der Waals surface area contributed by atoms with Crippen molar-refractivity contribution < 1.29 is 24.9 Å². The fourth-order valence-corrected chi connectivity index (χ4v) is 2.66. The number of β-amino-alcohol motifs (C(OH)–C–C–N with tert-alkyl or cyclic N) is 1. The lowest BCUT2D eigenvalue weighted by atomic mass is 9.91. The summed E-state index contributed by atoms with van der Waals surface area (Å²) in [4.78, 5) is 26.3. The zero-order valence-electron chi connectivity index (χ0n) is 10.7. The van der Waals surface area contributed by atoms with Gasteiger partial charge in [-0.3, -0.25) is 0 Å². The van der Waals surface area contributed by atoms with Crippen molar-refractivity contribution >= 4 is 12.0 Å². The van der Waals surface area contributed by atoms with Gasteiger partial charge in [-0.2, -0.15) is 0 Å². The molecule has 0 unspecified atom stereocenters. The van der Waals surface area contributed by atoms with E-state index in [0.29, 0.717) is 0 Å². The summed E-state index contributed by atoms with van der Waals surface area (Å²) in [5.41, 5.74) is 0. The minimum atomic E-state index is -1.09. The van der Waals surface area contributed by atoms with Crippen LogP contribution in [-0.2, 0) is 4.79 Å². The largest absolute Gasteiger partial charge is 0.480 e. The van der Waals surface area contributed by atoms with Crippen LogP contribution in [0, 0.1) is 0 Å². The van der Waals surface area contributed by atoms with Gasteiger partial charge in [0, 0.05) is 25.6 Å². The van der Waals surface area contributed by atoms with E-state index < -0.39 is 18.1 Å². The summed E-state index contributed by atoms with van der Waals surface area (Å²) < 4.78 is 0. The van der Waals surface area contributed by atoms with Gasteiger partial charge in [-0.15, -0.1) is 0 Å². The lowest BCUT2D eigenvalue weighted by Crippen LogP contribution is -2.54. The summed E-state index contributed by atoms with van der Waals surface area (Å²) in [6, 6.07) is -1.27. The molecule has 2 atom stereocenters. The van der Waals surface area contributed by atoms with Crippen LogP contribution in [0.5, 0.6) is 0 Å². The molecule has 1 aliphatic heterocycles. The third kappa shape index (κ3) is 2.82. The lowest BCUT2D eigenvalue weighted by Gasteiger charge is -2.40. The molecule has 0 aromatic rings. The van der Waals surface area contributed by atoms with Gasteiger partial charge in [-0.25, -0.2) is 9.59 Å². The number of aliphatic hydroxyl groups is 2. The van der Waals surface area contributed by atoms with Crippen molar-refractivity contribution in [1.29, 1.82) is 0 Å². The zero-order valence-corrected chi connectivity index (χ0v) is 10.7. The Morgan fingerprint density at radius 2 is 2.00 bits per heavy atom. The average Bonchev–Trinajstić information content (AvgIpc) is 2.67. The second-order valence-corrected chi connectivity index (χ2v) is 5.18. The second-order valence-electron chi connectivity index (χ2n) is 5.18. The van der Waals surface area contributed by atoms with Crippen molar-refractivity contribution in [3.05, 3.63) is 0 Å². The maximum Gasteiger partial charge on any atom is 0.326 e. The van der Waals surface area contributed by atoms with Gasteiger partial charge >= 0.3 is 12.0 Å². The van der Waals surface area contributed by atoms with E-state index in [4.69, 9.17) is 10.2 Å². The van der Waals surface area contributed by atoms with Gasteiger partial charge in [0.1, 0.15) is 6.04 Å². The highest BCUT2D eigenvalue weighted by Gasteiger charge is 2.42. The molecular weight excluding hydrogens is 252 g/mol. The van der Waals surface area contributed by atoms with Gasteiger partial charge in [0.25, 0.3) is 0 Å². The van der Waals surface area contributed by atoms with E-state index in [0.717, 1.165) is 19.3 Å². The normalized spacial score (nSPS) is 27.2. The molecule has 0 aromatic carbocycles. The summed E-state index contributed by atoms with van der Waals surface area (Å²) in [7, 11) is 0. The van der Waals surface area contributed by atoms with Crippen LogP contribution >= 0.6 is 0 Å². The molecule has 2 fully saturated rings. The number of carboxylic acid groups (broad SMARTS) is 1. The van der Waals surface area contributed by atoms with E-state index in [2.05, 4.69) is 0 Å². The molecule has 1 saturated heterocycles. The fraction of sp³-hybridized carbons (Fsp3) is 0.833. The molecule has 2 rings (SSSR count). The minimum absolute atomic E-state index is 0.0461. The van der Waals surface area contributed by atoms with Crippen LogP contribution < -0.4 is 0 Å². The van der Waals surface area contributed by atoms with Gasteiger partial charge in [-0.05, 0) is 19.3 Å². The Morgan fingerprint density at radius 1 is 1.32 bits per heavy atom. The van der Waals surface area contributed by atoms with Crippen molar-refractivity contribution in [3.63, 3.8) is 0 Å².